The molecular weight excluding hydrogens is 201 g/mol. The third-order valence-corrected chi connectivity index (χ3v) is 2.26. The molecule has 0 aromatic heterocycles. The third-order valence-electron chi connectivity index (χ3n) is 1.97. The summed E-state index contributed by atoms with van der Waals surface area (Å²) in [5, 5.41) is 3.36. The van der Waals surface area contributed by atoms with E-state index >= 15 is 0 Å². The molecule has 3 heteroatoms. The van der Waals surface area contributed by atoms with Gasteiger partial charge in [0.15, 0.2) is 0 Å². The van der Waals surface area contributed by atoms with Crippen molar-refractivity contribution in [1.82, 2.24) is 5.32 Å². The second kappa shape index (κ2) is 5.13. The Morgan fingerprint density at radius 3 is 2.93 bits per heavy atom. The molecule has 0 bridgehead atoms. The monoisotopic (exact) mass is 213 g/mol. The number of benzene rings is 1. The predicted molar refractivity (Wildman–Crippen MR) is 57.9 cm³/mol. The van der Waals surface area contributed by atoms with E-state index in [1.165, 1.54) is 6.07 Å². The Labute approximate surface area is 88.6 Å². The van der Waals surface area contributed by atoms with E-state index in [0.717, 1.165) is 5.56 Å². The van der Waals surface area contributed by atoms with Gasteiger partial charge in [0, 0.05) is 12.6 Å². The SMILES string of the molecule is C=CC(C)NCc1ccc(F)c(Cl)c1. The minimum Gasteiger partial charge on any atom is -0.307 e. The van der Waals surface area contributed by atoms with E-state index in [-0.39, 0.29) is 16.9 Å². The Bertz CT molecular complexity index is 325. The normalized spacial score (nSPS) is 12.5. The maximum absolute atomic E-state index is 12.8. The summed E-state index contributed by atoms with van der Waals surface area (Å²) in [6, 6.07) is 4.94. The molecule has 1 rings (SSSR count). The third kappa shape index (κ3) is 3.13. The zero-order valence-corrected chi connectivity index (χ0v) is 8.81. The van der Waals surface area contributed by atoms with Gasteiger partial charge in [0.05, 0.1) is 5.02 Å². The van der Waals surface area contributed by atoms with Crippen molar-refractivity contribution < 1.29 is 4.39 Å². The molecule has 0 spiro atoms. The molecule has 1 N–H and O–H groups in total. The van der Waals surface area contributed by atoms with Gasteiger partial charge >= 0.3 is 0 Å². The molecule has 0 aliphatic carbocycles. The fourth-order valence-electron chi connectivity index (χ4n) is 1.01. The molecule has 0 aliphatic rings. The number of hydrogen-bond donors (Lipinski definition) is 1. The van der Waals surface area contributed by atoms with E-state index in [1.807, 2.05) is 13.0 Å². The minimum absolute atomic E-state index is 0.163. The van der Waals surface area contributed by atoms with Gasteiger partial charge in [-0.1, -0.05) is 23.7 Å². The molecule has 1 nitrogen and oxygen atoms in total. The lowest BCUT2D eigenvalue weighted by Crippen LogP contribution is -2.22. The van der Waals surface area contributed by atoms with Crippen LogP contribution in [0.3, 0.4) is 0 Å². The zero-order valence-electron chi connectivity index (χ0n) is 8.06. The fourth-order valence-corrected chi connectivity index (χ4v) is 1.21. The van der Waals surface area contributed by atoms with Gasteiger partial charge in [-0.3, -0.25) is 0 Å². The van der Waals surface area contributed by atoms with Gasteiger partial charge in [-0.05, 0) is 24.6 Å². The molecular formula is C11H13ClFN. The standard InChI is InChI=1S/C11H13ClFN/c1-3-8(2)14-7-9-4-5-11(13)10(12)6-9/h3-6,8,14H,1,7H2,2H3. The molecule has 76 valence electrons. The molecule has 0 radical (unpaired) electrons. The first-order valence-corrected chi connectivity index (χ1v) is 4.81. The van der Waals surface area contributed by atoms with Crippen LogP contribution in [-0.4, -0.2) is 6.04 Å². The van der Waals surface area contributed by atoms with Crippen molar-refractivity contribution in [3.63, 3.8) is 0 Å². The number of halogens is 2. The van der Waals surface area contributed by atoms with Gasteiger partial charge in [-0.2, -0.15) is 0 Å². The second-order valence-electron chi connectivity index (χ2n) is 3.15. The topological polar surface area (TPSA) is 12.0 Å². The van der Waals surface area contributed by atoms with E-state index in [4.69, 9.17) is 11.6 Å². The molecule has 0 fully saturated rings. The van der Waals surface area contributed by atoms with Crippen LogP contribution in [0.25, 0.3) is 0 Å². The van der Waals surface area contributed by atoms with Gasteiger partial charge in [0.2, 0.25) is 0 Å². The highest BCUT2D eigenvalue weighted by molar-refractivity contribution is 6.30. The summed E-state index contributed by atoms with van der Waals surface area (Å²) < 4.78 is 12.8. The summed E-state index contributed by atoms with van der Waals surface area (Å²) in [5.74, 6) is -0.382. The van der Waals surface area contributed by atoms with Gasteiger partial charge in [-0.15, -0.1) is 6.58 Å². The lowest BCUT2D eigenvalue weighted by atomic mass is 10.2. The average molecular weight is 214 g/mol. The van der Waals surface area contributed by atoms with Crippen LogP contribution in [0, 0.1) is 5.82 Å². The zero-order chi connectivity index (χ0) is 10.6. The summed E-state index contributed by atoms with van der Waals surface area (Å²) in [4.78, 5) is 0. The molecule has 1 atom stereocenters. The van der Waals surface area contributed by atoms with Crippen molar-refractivity contribution in [2.75, 3.05) is 0 Å². The highest BCUT2D eigenvalue weighted by Crippen LogP contribution is 2.15. The lowest BCUT2D eigenvalue weighted by Gasteiger charge is -2.09. The van der Waals surface area contributed by atoms with Crippen molar-refractivity contribution in [3.8, 4) is 0 Å². The van der Waals surface area contributed by atoms with Gasteiger partial charge in [0.1, 0.15) is 5.82 Å². The van der Waals surface area contributed by atoms with E-state index in [2.05, 4.69) is 11.9 Å². The molecule has 0 saturated heterocycles. The summed E-state index contributed by atoms with van der Waals surface area (Å²) in [7, 11) is 0. The smallest absolute Gasteiger partial charge is 0.141 e. The summed E-state index contributed by atoms with van der Waals surface area (Å²) >= 11 is 5.64. The first-order valence-electron chi connectivity index (χ1n) is 4.43. The maximum atomic E-state index is 12.8. The molecule has 0 saturated carbocycles. The Kier molecular flexibility index (Phi) is 4.11. The van der Waals surface area contributed by atoms with Crippen LogP contribution in [0.4, 0.5) is 4.39 Å². The quantitative estimate of drug-likeness (QED) is 0.758. The van der Waals surface area contributed by atoms with Gasteiger partial charge in [-0.25, -0.2) is 4.39 Å². The first kappa shape index (κ1) is 11.2. The van der Waals surface area contributed by atoms with E-state index in [1.54, 1.807) is 12.1 Å². The molecule has 14 heavy (non-hydrogen) atoms. The van der Waals surface area contributed by atoms with Gasteiger partial charge in [0.25, 0.3) is 0 Å². The van der Waals surface area contributed by atoms with Gasteiger partial charge < -0.3 is 5.32 Å². The number of rotatable bonds is 4. The molecule has 1 aromatic rings. The summed E-state index contributed by atoms with van der Waals surface area (Å²) in [6.07, 6.45) is 1.81. The Morgan fingerprint density at radius 1 is 1.64 bits per heavy atom. The van der Waals surface area contributed by atoms with Crippen LogP contribution >= 0.6 is 11.6 Å². The van der Waals surface area contributed by atoms with Crippen molar-refractivity contribution in [2.24, 2.45) is 0 Å². The van der Waals surface area contributed by atoms with Crippen molar-refractivity contribution in [2.45, 2.75) is 19.5 Å². The molecule has 1 aromatic carbocycles. The minimum atomic E-state index is -0.382. The molecule has 0 amide bonds. The Hall–Kier alpha value is -0.860. The van der Waals surface area contributed by atoms with Crippen LogP contribution in [-0.2, 0) is 6.54 Å². The van der Waals surface area contributed by atoms with E-state index in [9.17, 15) is 4.39 Å². The summed E-state index contributed by atoms with van der Waals surface area (Å²) in [5.41, 5.74) is 0.963. The highest BCUT2D eigenvalue weighted by atomic mass is 35.5. The van der Waals surface area contributed by atoms with Crippen LogP contribution in [0.5, 0.6) is 0 Å². The van der Waals surface area contributed by atoms with Crippen molar-refractivity contribution in [1.29, 1.82) is 0 Å². The lowest BCUT2D eigenvalue weighted by molar-refractivity contribution is 0.618. The maximum Gasteiger partial charge on any atom is 0.141 e. The molecule has 0 aliphatic heterocycles. The predicted octanol–water partition coefficient (Wildman–Crippen LogP) is 3.14. The molecule has 1 unspecified atom stereocenters. The highest BCUT2D eigenvalue weighted by Gasteiger charge is 2.01. The van der Waals surface area contributed by atoms with Crippen LogP contribution in [0.2, 0.25) is 5.02 Å². The van der Waals surface area contributed by atoms with Crippen LogP contribution in [0.15, 0.2) is 30.9 Å². The summed E-state index contributed by atoms with van der Waals surface area (Å²) in [6.45, 7) is 6.31. The Morgan fingerprint density at radius 2 is 2.36 bits per heavy atom. The fraction of sp³-hybridized carbons (Fsp3) is 0.273. The van der Waals surface area contributed by atoms with Crippen molar-refractivity contribution >= 4 is 11.6 Å². The van der Waals surface area contributed by atoms with E-state index in [0.29, 0.717) is 6.54 Å². The second-order valence-corrected chi connectivity index (χ2v) is 3.56. The van der Waals surface area contributed by atoms with E-state index < -0.39 is 0 Å². The first-order chi connectivity index (χ1) is 6.63. The number of nitrogens with one attached hydrogen (secondary N) is 1. The van der Waals surface area contributed by atoms with Crippen LogP contribution in [0.1, 0.15) is 12.5 Å². The molecule has 0 heterocycles. The van der Waals surface area contributed by atoms with Crippen molar-refractivity contribution in [3.05, 3.63) is 47.3 Å². The largest absolute Gasteiger partial charge is 0.307 e. The Balaban J connectivity index is 2.59. The average Bonchev–Trinajstić information content (AvgIpc) is 2.19. The number of hydrogen-bond acceptors (Lipinski definition) is 1. The van der Waals surface area contributed by atoms with Crippen LogP contribution < -0.4 is 5.32 Å².